The van der Waals surface area contributed by atoms with E-state index in [0.29, 0.717) is 5.82 Å². The van der Waals surface area contributed by atoms with Gasteiger partial charge in [0.1, 0.15) is 0 Å². The lowest BCUT2D eigenvalue weighted by Gasteiger charge is -2.09. The molecule has 0 aliphatic carbocycles. The van der Waals surface area contributed by atoms with Crippen LogP contribution in [0.2, 0.25) is 0 Å². The van der Waals surface area contributed by atoms with Crippen molar-refractivity contribution in [3.05, 3.63) is 11.7 Å². The second kappa shape index (κ2) is 4.69. The van der Waals surface area contributed by atoms with Gasteiger partial charge in [0.2, 0.25) is 15.9 Å². The van der Waals surface area contributed by atoms with Crippen LogP contribution in [0.5, 0.6) is 0 Å². The van der Waals surface area contributed by atoms with Crippen molar-refractivity contribution in [2.24, 2.45) is 5.73 Å². The lowest BCUT2D eigenvalue weighted by atomic mass is 10.5. The highest BCUT2D eigenvalue weighted by Crippen LogP contribution is 1.99. The summed E-state index contributed by atoms with van der Waals surface area (Å²) in [5, 5.41) is 2.90. The van der Waals surface area contributed by atoms with Gasteiger partial charge < -0.3 is 10.3 Å². The predicted octanol–water partition coefficient (Wildman–Crippen LogP) is -0.855. The highest BCUT2D eigenvalue weighted by Gasteiger charge is 2.19. The summed E-state index contributed by atoms with van der Waals surface area (Å²) in [7, 11) is -3.40. The average Bonchev–Trinajstić information content (AvgIpc) is 2.60. The van der Waals surface area contributed by atoms with Gasteiger partial charge in [-0.25, -0.2) is 13.1 Å². The van der Waals surface area contributed by atoms with Gasteiger partial charge in [0.15, 0.2) is 5.82 Å². The summed E-state index contributed by atoms with van der Waals surface area (Å²) < 4.78 is 30.0. The standard InChI is InChI=1S/C7H14N4O3S/c1-5(3-8)15(12,13)9-4-7-10-6(2)11-14-7/h5,9H,3-4,8H2,1-2H3. The van der Waals surface area contributed by atoms with Crippen LogP contribution in [0.4, 0.5) is 0 Å². The maximum Gasteiger partial charge on any atom is 0.241 e. The fourth-order valence-electron chi connectivity index (χ4n) is 0.843. The van der Waals surface area contributed by atoms with Crippen molar-refractivity contribution in [2.45, 2.75) is 25.6 Å². The van der Waals surface area contributed by atoms with E-state index in [9.17, 15) is 8.42 Å². The number of rotatable bonds is 5. The summed E-state index contributed by atoms with van der Waals surface area (Å²) in [6, 6.07) is 0. The minimum absolute atomic E-state index is 0.00644. The molecule has 8 heteroatoms. The van der Waals surface area contributed by atoms with E-state index < -0.39 is 15.3 Å². The quantitative estimate of drug-likeness (QED) is 0.686. The number of nitrogens with one attached hydrogen (secondary N) is 1. The molecule has 15 heavy (non-hydrogen) atoms. The van der Waals surface area contributed by atoms with E-state index in [4.69, 9.17) is 10.3 Å². The number of nitrogens with two attached hydrogens (primary N) is 1. The van der Waals surface area contributed by atoms with Gasteiger partial charge in [0, 0.05) is 6.54 Å². The molecule has 0 aliphatic rings. The molecular weight excluding hydrogens is 220 g/mol. The van der Waals surface area contributed by atoms with E-state index in [1.165, 1.54) is 6.92 Å². The van der Waals surface area contributed by atoms with Crippen LogP contribution in [0.15, 0.2) is 4.52 Å². The zero-order chi connectivity index (χ0) is 11.5. The molecule has 3 N–H and O–H groups in total. The molecule has 1 rings (SSSR count). The summed E-state index contributed by atoms with van der Waals surface area (Å²) in [5.41, 5.74) is 5.26. The largest absolute Gasteiger partial charge is 0.338 e. The lowest BCUT2D eigenvalue weighted by Crippen LogP contribution is -2.36. The molecule has 0 bridgehead atoms. The fourth-order valence-corrected chi connectivity index (χ4v) is 1.71. The lowest BCUT2D eigenvalue weighted by molar-refractivity contribution is 0.371. The van der Waals surface area contributed by atoms with E-state index in [-0.39, 0.29) is 19.0 Å². The maximum absolute atomic E-state index is 11.5. The monoisotopic (exact) mass is 234 g/mol. The highest BCUT2D eigenvalue weighted by atomic mass is 32.2. The Morgan fingerprint density at radius 1 is 1.60 bits per heavy atom. The molecular formula is C7H14N4O3S. The Balaban J connectivity index is 2.57. The Labute approximate surface area is 88.1 Å². The molecule has 86 valence electrons. The van der Waals surface area contributed by atoms with Crippen molar-refractivity contribution in [3.63, 3.8) is 0 Å². The fraction of sp³-hybridized carbons (Fsp3) is 0.714. The predicted molar refractivity (Wildman–Crippen MR) is 53.3 cm³/mol. The number of hydrogen-bond acceptors (Lipinski definition) is 6. The van der Waals surface area contributed by atoms with Gasteiger partial charge in [-0.05, 0) is 13.8 Å². The second-order valence-corrected chi connectivity index (χ2v) is 5.33. The Bertz CT molecular complexity index is 414. The zero-order valence-electron chi connectivity index (χ0n) is 8.60. The highest BCUT2D eigenvalue weighted by molar-refractivity contribution is 7.90. The van der Waals surface area contributed by atoms with Crippen molar-refractivity contribution in [3.8, 4) is 0 Å². The third kappa shape index (κ3) is 3.26. The van der Waals surface area contributed by atoms with Crippen LogP contribution >= 0.6 is 0 Å². The number of nitrogens with zero attached hydrogens (tertiary/aromatic N) is 2. The van der Waals surface area contributed by atoms with Gasteiger partial charge in [-0.15, -0.1) is 0 Å². The molecule has 0 radical (unpaired) electrons. The van der Waals surface area contributed by atoms with Gasteiger partial charge in [0.05, 0.1) is 11.8 Å². The van der Waals surface area contributed by atoms with Gasteiger partial charge in [-0.3, -0.25) is 0 Å². The first-order valence-corrected chi connectivity index (χ1v) is 5.98. The number of sulfonamides is 1. The second-order valence-electron chi connectivity index (χ2n) is 3.15. The summed E-state index contributed by atoms with van der Waals surface area (Å²) in [6.07, 6.45) is 0. The molecule has 0 saturated carbocycles. The van der Waals surface area contributed by atoms with Crippen LogP contribution in [-0.2, 0) is 16.6 Å². The van der Waals surface area contributed by atoms with Gasteiger partial charge in [-0.2, -0.15) is 4.98 Å². The molecule has 0 saturated heterocycles. The third-order valence-electron chi connectivity index (χ3n) is 1.86. The molecule has 0 amide bonds. The Hall–Kier alpha value is -0.990. The first-order valence-electron chi connectivity index (χ1n) is 4.43. The van der Waals surface area contributed by atoms with Crippen LogP contribution in [0, 0.1) is 6.92 Å². The molecule has 1 unspecified atom stereocenters. The number of hydrogen-bond donors (Lipinski definition) is 2. The molecule has 7 nitrogen and oxygen atoms in total. The van der Waals surface area contributed by atoms with Gasteiger partial charge in [0.25, 0.3) is 0 Å². The summed E-state index contributed by atoms with van der Waals surface area (Å²) in [5.74, 6) is 0.705. The molecule has 1 aromatic rings. The maximum atomic E-state index is 11.5. The molecule has 1 atom stereocenters. The summed E-state index contributed by atoms with van der Waals surface area (Å²) in [6.45, 7) is 3.25. The molecule has 0 fully saturated rings. The van der Waals surface area contributed by atoms with Crippen molar-refractivity contribution < 1.29 is 12.9 Å². The van der Waals surface area contributed by atoms with E-state index in [0.717, 1.165) is 0 Å². The SMILES string of the molecule is Cc1noc(CNS(=O)(=O)C(C)CN)n1. The topological polar surface area (TPSA) is 111 Å². The first-order chi connectivity index (χ1) is 6.95. The summed E-state index contributed by atoms with van der Waals surface area (Å²) >= 11 is 0. The molecule has 1 aromatic heterocycles. The summed E-state index contributed by atoms with van der Waals surface area (Å²) in [4.78, 5) is 3.86. The Kier molecular flexibility index (Phi) is 3.77. The van der Waals surface area contributed by atoms with E-state index >= 15 is 0 Å². The molecule has 0 spiro atoms. The van der Waals surface area contributed by atoms with Gasteiger partial charge >= 0.3 is 0 Å². The smallest absolute Gasteiger partial charge is 0.241 e. The minimum Gasteiger partial charge on any atom is -0.338 e. The van der Waals surface area contributed by atoms with Gasteiger partial charge in [-0.1, -0.05) is 5.16 Å². The zero-order valence-corrected chi connectivity index (χ0v) is 9.41. The van der Waals surface area contributed by atoms with Crippen LogP contribution in [-0.4, -0.2) is 30.4 Å². The van der Waals surface area contributed by atoms with E-state index in [2.05, 4.69) is 14.9 Å². The number of aryl methyl sites for hydroxylation is 1. The van der Waals surface area contributed by atoms with Crippen LogP contribution < -0.4 is 10.5 Å². The van der Waals surface area contributed by atoms with E-state index in [1.54, 1.807) is 6.92 Å². The van der Waals surface area contributed by atoms with Crippen LogP contribution in [0.3, 0.4) is 0 Å². The number of aromatic nitrogens is 2. The molecule has 0 aromatic carbocycles. The van der Waals surface area contributed by atoms with Crippen molar-refractivity contribution in [1.82, 2.24) is 14.9 Å². The molecule has 0 aliphatic heterocycles. The van der Waals surface area contributed by atoms with Crippen LogP contribution in [0.25, 0.3) is 0 Å². The normalized spacial score (nSPS) is 14.1. The first kappa shape index (κ1) is 12.1. The van der Waals surface area contributed by atoms with Crippen molar-refractivity contribution in [1.29, 1.82) is 0 Å². The third-order valence-corrected chi connectivity index (χ3v) is 3.65. The van der Waals surface area contributed by atoms with E-state index in [1.807, 2.05) is 0 Å². The molecule has 1 heterocycles. The van der Waals surface area contributed by atoms with Crippen molar-refractivity contribution in [2.75, 3.05) is 6.54 Å². The average molecular weight is 234 g/mol. The Morgan fingerprint density at radius 2 is 2.27 bits per heavy atom. The van der Waals surface area contributed by atoms with Crippen molar-refractivity contribution >= 4 is 10.0 Å². The minimum atomic E-state index is -3.40. The Morgan fingerprint density at radius 3 is 2.73 bits per heavy atom. The van der Waals surface area contributed by atoms with Crippen LogP contribution in [0.1, 0.15) is 18.6 Å².